The molecule has 21 heavy (non-hydrogen) atoms. The van der Waals surface area contributed by atoms with Gasteiger partial charge in [0.2, 0.25) is 0 Å². The molecule has 0 saturated heterocycles. The minimum absolute atomic E-state index is 0.359. The van der Waals surface area contributed by atoms with E-state index in [1.807, 2.05) is 6.92 Å². The minimum Gasteiger partial charge on any atom is -0.357 e. The van der Waals surface area contributed by atoms with Crippen LogP contribution in [0.3, 0.4) is 0 Å². The standard InChI is InChI=1S/C15H20F3N3/c1-2-19-14(20-9-11-3-4-11)21-10-12-5-7-13(8-6-12)15(16,17)18/h5-8,11H,2-4,9-10H2,1H3,(H2,19,20,21). The number of guanidine groups is 1. The molecule has 1 aliphatic rings. The van der Waals surface area contributed by atoms with E-state index in [9.17, 15) is 13.2 Å². The first-order valence-corrected chi connectivity index (χ1v) is 7.17. The van der Waals surface area contributed by atoms with Crippen molar-refractivity contribution in [1.82, 2.24) is 10.6 Å². The third kappa shape index (κ3) is 5.28. The van der Waals surface area contributed by atoms with Gasteiger partial charge >= 0.3 is 6.18 Å². The molecule has 1 aromatic carbocycles. The van der Waals surface area contributed by atoms with Gasteiger partial charge in [0.05, 0.1) is 12.1 Å². The van der Waals surface area contributed by atoms with Crippen LogP contribution in [0, 0.1) is 5.92 Å². The lowest BCUT2D eigenvalue weighted by Gasteiger charge is -2.11. The first-order chi connectivity index (χ1) is 9.99. The van der Waals surface area contributed by atoms with Crippen LogP contribution >= 0.6 is 0 Å². The first kappa shape index (κ1) is 15.7. The Balaban J connectivity index is 1.92. The summed E-state index contributed by atoms with van der Waals surface area (Å²) >= 11 is 0. The second kappa shape index (κ2) is 6.83. The van der Waals surface area contributed by atoms with E-state index in [0.717, 1.165) is 36.7 Å². The molecule has 1 aliphatic carbocycles. The van der Waals surface area contributed by atoms with Crippen molar-refractivity contribution in [3.05, 3.63) is 35.4 Å². The predicted octanol–water partition coefficient (Wildman–Crippen LogP) is 3.17. The number of nitrogens with one attached hydrogen (secondary N) is 2. The molecular formula is C15H20F3N3. The van der Waals surface area contributed by atoms with Gasteiger partial charge < -0.3 is 10.6 Å². The molecule has 0 amide bonds. The van der Waals surface area contributed by atoms with E-state index in [-0.39, 0.29) is 0 Å². The molecule has 1 fully saturated rings. The fraction of sp³-hybridized carbons (Fsp3) is 0.533. The van der Waals surface area contributed by atoms with E-state index in [4.69, 9.17) is 0 Å². The maximum absolute atomic E-state index is 12.5. The molecule has 116 valence electrons. The third-order valence-corrected chi connectivity index (χ3v) is 3.30. The quantitative estimate of drug-likeness (QED) is 0.647. The summed E-state index contributed by atoms with van der Waals surface area (Å²) in [5, 5.41) is 6.38. The highest BCUT2D eigenvalue weighted by molar-refractivity contribution is 5.79. The zero-order chi connectivity index (χ0) is 15.3. The van der Waals surface area contributed by atoms with Gasteiger partial charge in [-0.25, -0.2) is 4.99 Å². The summed E-state index contributed by atoms with van der Waals surface area (Å²) in [6.45, 7) is 3.99. The molecule has 2 N–H and O–H groups in total. The molecule has 0 aliphatic heterocycles. The summed E-state index contributed by atoms with van der Waals surface area (Å²) in [4.78, 5) is 4.39. The predicted molar refractivity (Wildman–Crippen MR) is 77.0 cm³/mol. The molecule has 1 saturated carbocycles. The fourth-order valence-corrected chi connectivity index (χ4v) is 1.87. The van der Waals surface area contributed by atoms with Gasteiger partial charge in [0.25, 0.3) is 0 Å². The van der Waals surface area contributed by atoms with Crippen molar-refractivity contribution in [2.45, 2.75) is 32.5 Å². The van der Waals surface area contributed by atoms with Crippen molar-refractivity contribution >= 4 is 5.96 Å². The van der Waals surface area contributed by atoms with E-state index < -0.39 is 11.7 Å². The van der Waals surface area contributed by atoms with Crippen LogP contribution in [0.2, 0.25) is 0 Å². The van der Waals surface area contributed by atoms with Crippen LogP contribution in [0.1, 0.15) is 30.9 Å². The molecule has 1 aromatic rings. The average Bonchev–Trinajstić information content (AvgIpc) is 3.25. The van der Waals surface area contributed by atoms with Gasteiger partial charge in [0.15, 0.2) is 5.96 Å². The number of alkyl halides is 3. The topological polar surface area (TPSA) is 36.4 Å². The first-order valence-electron chi connectivity index (χ1n) is 7.17. The van der Waals surface area contributed by atoms with Gasteiger partial charge in [-0.05, 0) is 43.4 Å². The van der Waals surface area contributed by atoms with Gasteiger partial charge in [0, 0.05) is 13.1 Å². The van der Waals surface area contributed by atoms with E-state index >= 15 is 0 Å². The lowest BCUT2D eigenvalue weighted by atomic mass is 10.1. The molecule has 0 unspecified atom stereocenters. The number of hydrogen-bond acceptors (Lipinski definition) is 1. The van der Waals surface area contributed by atoms with Crippen molar-refractivity contribution in [2.75, 3.05) is 13.1 Å². The van der Waals surface area contributed by atoms with Crippen LogP contribution < -0.4 is 10.6 Å². The lowest BCUT2D eigenvalue weighted by molar-refractivity contribution is -0.137. The van der Waals surface area contributed by atoms with Crippen LogP contribution in [0.5, 0.6) is 0 Å². The van der Waals surface area contributed by atoms with Crippen LogP contribution in [0.15, 0.2) is 29.3 Å². The molecule has 0 spiro atoms. The number of nitrogens with zero attached hydrogens (tertiary/aromatic N) is 1. The van der Waals surface area contributed by atoms with Crippen molar-refractivity contribution in [2.24, 2.45) is 10.9 Å². The summed E-state index contributed by atoms with van der Waals surface area (Å²) < 4.78 is 37.4. The molecule has 6 heteroatoms. The number of aliphatic imine (C=N–C) groups is 1. The lowest BCUT2D eigenvalue weighted by Crippen LogP contribution is -2.38. The Morgan fingerprint density at radius 2 is 1.86 bits per heavy atom. The maximum atomic E-state index is 12.5. The number of halogens is 3. The average molecular weight is 299 g/mol. The smallest absolute Gasteiger partial charge is 0.357 e. The highest BCUT2D eigenvalue weighted by Crippen LogP contribution is 2.29. The molecular weight excluding hydrogens is 279 g/mol. The molecule has 3 nitrogen and oxygen atoms in total. The maximum Gasteiger partial charge on any atom is 0.416 e. The van der Waals surface area contributed by atoms with Gasteiger partial charge in [-0.3, -0.25) is 0 Å². The molecule has 0 radical (unpaired) electrons. The largest absolute Gasteiger partial charge is 0.416 e. The normalized spacial score (nSPS) is 15.9. The second-order valence-electron chi connectivity index (χ2n) is 5.21. The van der Waals surface area contributed by atoms with E-state index in [1.54, 1.807) is 0 Å². The van der Waals surface area contributed by atoms with Gasteiger partial charge in [-0.2, -0.15) is 13.2 Å². The molecule has 2 rings (SSSR count). The van der Waals surface area contributed by atoms with Crippen molar-refractivity contribution in [3.63, 3.8) is 0 Å². The second-order valence-corrected chi connectivity index (χ2v) is 5.21. The van der Waals surface area contributed by atoms with Crippen LogP contribution in [-0.4, -0.2) is 19.0 Å². The molecule has 0 aromatic heterocycles. The van der Waals surface area contributed by atoms with E-state index in [1.165, 1.54) is 25.0 Å². The zero-order valence-electron chi connectivity index (χ0n) is 12.0. The number of rotatable bonds is 5. The van der Waals surface area contributed by atoms with E-state index in [0.29, 0.717) is 12.5 Å². The Labute approximate surface area is 122 Å². The fourth-order valence-electron chi connectivity index (χ4n) is 1.87. The SMILES string of the molecule is CCNC(=NCc1ccc(C(F)(F)F)cc1)NCC1CC1. The monoisotopic (exact) mass is 299 g/mol. The molecule has 0 atom stereocenters. The Morgan fingerprint density at radius 1 is 1.19 bits per heavy atom. The summed E-state index contributed by atoms with van der Waals surface area (Å²) in [5.74, 6) is 1.45. The number of hydrogen-bond donors (Lipinski definition) is 2. The zero-order valence-corrected chi connectivity index (χ0v) is 12.0. The van der Waals surface area contributed by atoms with Crippen LogP contribution in [-0.2, 0) is 12.7 Å². The van der Waals surface area contributed by atoms with Gasteiger partial charge in [0.1, 0.15) is 0 Å². The summed E-state index contributed by atoms with van der Waals surface area (Å²) in [5.41, 5.74) is 0.126. The van der Waals surface area contributed by atoms with Crippen molar-refractivity contribution in [1.29, 1.82) is 0 Å². The summed E-state index contributed by atoms with van der Waals surface area (Å²) in [6, 6.07) is 5.12. The Morgan fingerprint density at radius 3 is 2.38 bits per heavy atom. The third-order valence-electron chi connectivity index (χ3n) is 3.30. The van der Waals surface area contributed by atoms with Gasteiger partial charge in [-0.1, -0.05) is 12.1 Å². The molecule has 0 bridgehead atoms. The summed E-state index contributed by atoms with van der Waals surface area (Å²) in [6.07, 6.45) is -1.78. The van der Waals surface area contributed by atoms with Gasteiger partial charge in [-0.15, -0.1) is 0 Å². The van der Waals surface area contributed by atoms with Crippen molar-refractivity contribution in [3.8, 4) is 0 Å². The van der Waals surface area contributed by atoms with Crippen LogP contribution in [0.25, 0.3) is 0 Å². The molecule has 0 heterocycles. The minimum atomic E-state index is -4.29. The Bertz CT molecular complexity index is 476. The highest BCUT2D eigenvalue weighted by Gasteiger charge is 2.29. The Kier molecular flexibility index (Phi) is 5.09. The van der Waals surface area contributed by atoms with Crippen LogP contribution in [0.4, 0.5) is 13.2 Å². The van der Waals surface area contributed by atoms with Crippen molar-refractivity contribution < 1.29 is 13.2 Å². The highest BCUT2D eigenvalue weighted by atomic mass is 19.4. The Hall–Kier alpha value is -1.72. The summed E-state index contributed by atoms with van der Waals surface area (Å²) in [7, 11) is 0. The van der Waals surface area contributed by atoms with E-state index in [2.05, 4.69) is 15.6 Å². The number of benzene rings is 1.